The Hall–Kier alpha value is -3.38. The van der Waals surface area contributed by atoms with Crippen molar-refractivity contribution in [2.75, 3.05) is 13.2 Å². The average Bonchev–Trinajstić information content (AvgIpc) is 3.25. The van der Waals surface area contributed by atoms with E-state index in [1.54, 1.807) is 11.3 Å². The largest absolute Gasteiger partial charge is 0.486 e. The smallest absolute Gasteiger partial charge is 0.230 e. The van der Waals surface area contributed by atoms with E-state index in [0.717, 1.165) is 26.5 Å². The van der Waals surface area contributed by atoms with E-state index >= 15 is 0 Å². The fourth-order valence-corrected chi connectivity index (χ4v) is 5.11. The van der Waals surface area contributed by atoms with Crippen LogP contribution in [0.5, 0.6) is 11.5 Å². The first-order chi connectivity index (χ1) is 15.6. The lowest BCUT2D eigenvalue weighted by Gasteiger charge is -2.31. The van der Waals surface area contributed by atoms with Crippen LogP contribution in [0.3, 0.4) is 0 Å². The first-order valence-corrected chi connectivity index (χ1v) is 11.5. The molecular formula is C26H24N2O3S. The molecule has 1 aromatic heterocycles. The number of nitrogens with one attached hydrogen (secondary N) is 1. The number of thiazole rings is 1. The Morgan fingerprint density at radius 1 is 1.03 bits per heavy atom. The van der Waals surface area contributed by atoms with Gasteiger partial charge >= 0.3 is 0 Å². The van der Waals surface area contributed by atoms with Crippen molar-refractivity contribution in [3.05, 3.63) is 89.4 Å². The molecule has 0 saturated carbocycles. The Morgan fingerprint density at radius 3 is 2.56 bits per heavy atom. The maximum Gasteiger partial charge on any atom is 0.230 e. The minimum absolute atomic E-state index is 0.0505. The Bertz CT molecular complexity index is 1210. The molecule has 6 heteroatoms. The highest BCUT2D eigenvalue weighted by atomic mass is 32.1. The Balaban J connectivity index is 1.35. The van der Waals surface area contributed by atoms with Crippen molar-refractivity contribution < 1.29 is 14.3 Å². The lowest BCUT2D eigenvalue weighted by atomic mass is 9.78. The minimum atomic E-state index is -0.761. The predicted molar refractivity (Wildman–Crippen MR) is 126 cm³/mol. The summed E-state index contributed by atoms with van der Waals surface area (Å²) in [7, 11) is 0. The highest BCUT2D eigenvalue weighted by Gasteiger charge is 2.37. The maximum absolute atomic E-state index is 13.5. The number of nitrogens with zero attached hydrogens (tertiary/aromatic N) is 1. The van der Waals surface area contributed by atoms with Crippen molar-refractivity contribution in [3.63, 3.8) is 0 Å². The first-order valence-electron chi connectivity index (χ1n) is 10.7. The molecule has 2 heterocycles. The molecule has 0 aliphatic carbocycles. The molecule has 0 saturated heterocycles. The molecule has 0 bridgehead atoms. The van der Waals surface area contributed by atoms with Gasteiger partial charge in [-0.3, -0.25) is 4.79 Å². The standard InChI is InChI=1S/C26H24N2O3S/c1-26(18-9-3-2-4-10-18,15-24-28-20-11-5-8-14-23(20)32-24)25(29)27-16-19-17-30-21-12-6-7-13-22(21)31-19/h2-14,19H,15-17H2,1H3,(H,27,29). The van der Waals surface area contributed by atoms with Crippen LogP contribution < -0.4 is 14.8 Å². The number of benzene rings is 3. The van der Waals surface area contributed by atoms with Crippen LogP contribution in [0.15, 0.2) is 78.9 Å². The van der Waals surface area contributed by atoms with E-state index in [-0.39, 0.29) is 12.0 Å². The number of carbonyl (C=O) groups excluding carboxylic acids is 1. The normalized spacial score (nSPS) is 17.0. The van der Waals surface area contributed by atoms with Gasteiger partial charge in [0.05, 0.1) is 27.2 Å². The van der Waals surface area contributed by atoms with E-state index in [2.05, 4.69) is 11.4 Å². The summed E-state index contributed by atoms with van der Waals surface area (Å²) in [5.74, 6) is 1.39. The van der Waals surface area contributed by atoms with Crippen LogP contribution in [0.2, 0.25) is 0 Å². The summed E-state index contributed by atoms with van der Waals surface area (Å²) in [6.45, 7) is 2.75. The fraction of sp³-hybridized carbons (Fsp3) is 0.231. The zero-order chi connectivity index (χ0) is 22.0. The quantitative estimate of drug-likeness (QED) is 0.466. The molecule has 1 amide bonds. The molecule has 2 unspecified atom stereocenters. The van der Waals surface area contributed by atoms with Crippen LogP contribution in [0, 0.1) is 0 Å². The van der Waals surface area contributed by atoms with Crippen LogP contribution in [-0.4, -0.2) is 30.1 Å². The second-order valence-corrected chi connectivity index (χ2v) is 9.27. The van der Waals surface area contributed by atoms with Gasteiger partial charge in [0.25, 0.3) is 0 Å². The van der Waals surface area contributed by atoms with Gasteiger partial charge in [-0.1, -0.05) is 54.6 Å². The maximum atomic E-state index is 13.5. The lowest BCUT2D eigenvalue weighted by Crippen LogP contribution is -2.48. The van der Waals surface area contributed by atoms with Gasteiger partial charge in [0, 0.05) is 6.42 Å². The summed E-state index contributed by atoms with van der Waals surface area (Å²) in [4.78, 5) is 18.3. The van der Waals surface area contributed by atoms with Gasteiger partial charge in [-0.05, 0) is 36.8 Å². The topological polar surface area (TPSA) is 60.5 Å². The van der Waals surface area contributed by atoms with Gasteiger partial charge in [0.1, 0.15) is 12.7 Å². The number of fused-ring (bicyclic) bond motifs is 2. The second-order valence-electron chi connectivity index (χ2n) is 8.16. The monoisotopic (exact) mass is 444 g/mol. The molecule has 5 rings (SSSR count). The van der Waals surface area contributed by atoms with Crippen LogP contribution >= 0.6 is 11.3 Å². The molecule has 2 atom stereocenters. The molecule has 1 aliphatic heterocycles. The van der Waals surface area contributed by atoms with Gasteiger partial charge in [0.15, 0.2) is 11.5 Å². The number of carbonyl (C=O) groups is 1. The number of hydrogen-bond acceptors (Lipinski definition) is 5. The summed E-state index contributed by atoms with van der Waals surface area (Å²) >= 11 is 1.64. The van der Waals surface area contributed by atoms with E-state index in [1.165, 1.54) is 0 Å². The Morgan fingerprint density at radius 2 is 1.75 bits per heavy atom. The second kappa shape index (κ2) is 8.63. The van der Waals surface area contributed by atoms with Crippen molar-refractivity contribution in [3.8, 4) is 11.5 Å². The number of rotatable bonds is 6. The molecule has 3 aromatic carbocycles. The van der Waals surface area contributed by atoms with Gasteiger partial charge in [-0.15, -0.1) is 11.3 Å². The SMILES string of the molecule is CC(Cc1nc2ccccc2s1)(C(=O)NCC1COc2ccccc2O1)c1ccccc1. The van der Waals surface area contributed by atoms with Crippen molar-refractivity contribution in [2.45, 2.75) is 24.9 Å². The number of amides is 1. The number of aromatic nitrogens is 1. The molecular weight excluding hydrogens is 420 g/mol. The van der Waals surface area contributed by atoms with E-state index in [4.69, 9.17) is 14.5 Å². The molecule has 32 heavy (non-hydrogen) atoms. The van der Waals surface area contributed by atoms with Crippen molar-refractivity contribution >= 4 is 27.5 Å². The summed E-state index contributed by atoms with van der Waals surface area (Å²) in [6.07, 6.45) is 0.281. The number of ether oxygens (including phenoxy) is 2. The van der Waals surface area contributed by atoms with Crippen molar-refractivity contribution in [2.24, 2.45) is 0 Å². The average molecular weight is 445 g/mol. The van der Waals surface area contributed by atoms with E-state index in [1.807, 2.05) is 79.7 Å². The van der Waals surface area contributed by atoms with Crippen LogP contribution in [0.25, 0.3) is 10.2 Å². The zero-order valence-corrected chi connectivity index (χ0v) is 18.6. The summed E-state index contributed by atoms with van der Waals surface area (Å²) in [5, 5.41) is 4.05. The third-order valence-corrected chi connectivity index (χ3v) is 6.85. The summed E-state index contributed by atoms with van der Waals surface area (Å²) < 4.78 is 12.9. The third-order valence-electron chi connectivity index (χ3n) is 5.81. The van der Waals surface area contributed by atoms with E-state index in [9.17, 15) is 4.79 Å². The molecule has 0 spiro atoms. The van der Waals surface area contributed by atoms with Crippen LogP contribution in [0.1, 0.15) is 17.5 Å². The molecule has 0 radical (unpaired) electrons. The number of para-hydroxylation sites is 3. The molecule has 4 aromatic rings. The van der Waals surface area contributed by atoms with Gasteiger partial charge in [-0.25, -0.2) is 4.98 Å². The van der Waals surface area contributed by atoms with E-state index in [0.29, 0.717) is 25.3 Å². The van der Waals surface area contributed by atoms with E-state index < -0.39 is 5.41 Å². The first kappa shape index (κ1) is 20.5. The zero-order valence-electron chi connectivity index (χ0n) is 17.8. The molecule has 0 fully saturated rings. The summed E-state index contributed by atoms with van der Waals surface area (Å²) in [6, 6.07) is 25.6. The molecule has 5 nitrogen and oxygen atoms in total. The number of hydrogen-bond donors (Lipinski definition) is 1. The van der Waals surface area contributed by atoms with Gasteiger partial charge < -0.3 is 14.8 Å². The van der Waals surface area contributed by atoms with Crippen LogP contribution in [-0.2, 0) is 16.6 Å². The lowest BCUT2D eigenvalue weighted by molar-refractivity contribution is -0.126. The Kier molecular flexibility index (Phi) is 5.53. The predicted octanol–water partition coefficient (Wildman–Crippen LogP) is 4.75. The van der Waals surface area contributed by atoms with Crippen LogP contribution in [0.4, 0.5) is 0 Å². The molecule has 162 valence electrons. The minimum Gasteiger partial charge on any atom is -0.486 e. The summed E-state index contributed by atoms with van der Waals surface area (Å²) in [5.41, 5.74) is 1.17. The highest BCUT2D eigenvalue weighted by molar-refractivity contribution is 7.18. The third kappa shape index (κ3) is 4.06. The highest BCUT2D eigenvalue weighted by Crippen LogP contribution is 2.33. The molecule has 1 aliphatic rings. The van der Waals surface area contributed by atoms with Gasteiger partial charge in [-0.2, -0.15) is 0 Å². The van der Waals surface area contributed by atoms with Crippen molar-refractivity contribution in [1.82, 2.24) is 10.3 Å². The molecule has 1 N–H and O–H groups in total. The fourth-order valence-electron chi connectivity index (χ4n) is 3.98. The van der Waals surface area contributed by atoms with Crippen molar-refractivity contribution in [1.29, 1.82) is 0 Å². The van der Waals surface area contributed by atoms with Gasteiger partial charge in [0.2, 0.25) is 5.91 Å². The Labute approximate surface area is 191 Å².